The Labute approximate surface area is 218 Å². The maximum atomic E-state index is 10.4. The van der Waals surface area contributed by atoms with Crippen molar-refractivity contribution in [1.82, 2.24) is 15.0 Å². The first-order valence-corrected chi connectivity index (χ1v) is 12.5. The van der Waals surface area contributed by atoms with Gasteiger partial charge < -0.3 is 9.76 Å². The molecule has 0 fully saturated rings. The van der Waals surface area contributed by atoms with Crippen LogP contribution in [0, 0.1) is 0 Å². The summed E-state index contributed by atoms with van der Waals surface area (Å²) in [5, 5.41) is 12.8. The fourth-order valence-corrected chi connectivity index (χ4v) is 3.92. The molecule has 37 heavy (non-hydrogen) atoms. The second kappa shape index (κ2) is 9.89. The SMILES string of the molecule is CC(C)(O)C(C)(C)OBc1cccc(-c2nc(-c3ccccc3)nc(-c3ccc4ccccc4c3)n2)c1. The summed E-state index contributed by atoms with van der Waals surface area (Å²) in [5.41, 5.74) is 2.04. The lowest BCUT2D eigenvalue weighted by molar-refractivity contribution is -0.0893. The molecule has 0 saturated heterocycles. The molecule has 0 bridgehead atoms. The molecule has 1 N–H and O–H groups in total. The van der Waals surface area contributed by atoms with E-state index in [9.17, 15) is 5.11 Å². The molecule has 184 valence electrons. The highest BCUT2D eigenvalue weighted by molar-refractivity contribution is 6.47. The van der Waals surface area contributed by atoms with Gasteiger partial charge >= 0.3 is 7.48 Å². The second-order valence-electron chi connectivity index (χ2n) is 10.3. The first-order valence-electron chi connectivity index (χ1n) is 12.5. The molecule has 0 radical (unpaired) electrons. The summed E-state index contributed by atoms with van der Waals surface area (Å²) in [6, 6.07) is 32.5. The minimum atomic E-state index is -0.974. The third-order valence-electron chi connectivity index (χ3n) is 6.93. The highest BCUT2D eigenvalue weighted by atomic mass is 16.5. The first kappa shape index (κ1) is 24.8. The summed E-state index contributed by atoms with van der Waals surface area (Å²) in [6.07, 6.45) is 0. The molecule has 4 aromatic carbocycles. The highest BCUT2D eigenvalue weighted by Gasteiger charge is 2.35. The third-order valence-corrected chi connectivity index (χ3v) is 6.93. The van der Waals surface area contributed by atoms with Crippen LogP contribution in [0.15, 0.2) is 97.1 Å². The average molecular weight is 487 g/mol. The largest absolute Gasteiger partial charge is 0.427 e. The Hall–Kier alpha value is -3.87. The van der Waals surface area contributed by atoms with Crippen molar-refractivity contribution in [3.63, 3.8) is 0 Å². The van der Waals surface area contributed by atoms with Crippen LogP contribution in [0.5, 0.6) is 0 Å². The van der Waals surface area contributed by atoms with E-state index in [1.165, 1.54) is 5.39 Å². The van der Waals surface area contributed by atoms with Gasteiger partial charge in [-0.15, -0.1) is 0 Å². The maximum Gasteiger partial charge on any atom is 0.309 e. The molecule has 6 heteroatoms. The molecule has 0 atom stereocenters. The van der Waals surface area contributed by atoms with E-state index in [2.05, 4.69) is 30.3 Å². The standard InChI is InChI=1S/C31H30BN3O2/c1-30(2,36)31(3,4)37-32-26-16-10-15-24(20-26)28-33-27(22-12-6-5-7-13-22)34-29(35-28)25-18-17-21-11-8-9-14-23(21)19-25/h5-20,32,36H,1-4H3. The lowest BCUT2D eigenvalue weighted by atomic mass is 9.82. The van der Waals surface area contributed by atoms with Crippen LogP contribution in [-0.2, 0) is 4.65 Å². The number of nitrogens with zero attached hydrogens (tertiary/aromatic N) is 3. The lowest BCUT2D eigenvalue weighted by Crippen LogP contribution is -2.49. The topological polar surface area (TPSA) is 68.1 Å². The fourth-order valence-electron chi connectivity index (χ4n) is 3.92. The van der Waals surface area contributed by atoms with E-state index in [1.54, 1.807) is 13.8 Å². The van der Waals surface area contributed by atoms with Crippen molar-refractivity contribution in [2.75, 3.05) is 0 Å². The van der Waals surface area contributed by atoms with Gasteiger partial charge in [-0.05, 0) is 44.5 Å². The van der Waals surface area contributed by atoms with Crippen molar-refractivity contribution in [2.24, 2.45) is 0 Å². The molecule has 0 aliphatic heterocycles. The minimum absolute atomic E-state index is 0.360. The number of hydrogen-bond acceptors (Lipinski definition) is 5. The normalized spacial score (nSPS) is 12.0. The van der Waals surface area contributed by atoms with Crippen molar-refractivity contribution < 1.29 is 9.76 Å². The van der Waals surface area contributed by atoms with Crippen molar-refractivity contribution in [2.45, 2.75) is 38.9 Å². The van der Waals surface area contributed by atoms with Gasteiger partial charge in [0.25, 0.3) is 0 Å². The highest BCUT2D eigenvalue weighted by Crippen LogP contribution is 2.27. The zero-order valence-electron chi connectivity index (χ0n) is 21.6. The maximum absolute atomic E-state index is 10.4. The molecule has 1 aromatic heterocycles. The zero-order chi connectivity index (χ0) is 26.0. The molecule has 0 amide bonds. The molecule has 0 unspecified atom stereocenters. The summed E-state index contributed by atoms with van der Waals surface area (Å²) in [7, 11) is 0.360. The molecule has 5 rings (SSSR count). The lowest BCUT2D eigenvalue weighted by Gasteiger charge is -2.37. The van der Waals surface area contributed by atoms with E-state index in [4.69, 9.17) is 19.6 Å². The molecular formula is C31H30BN3O2. The van der Waals surface area contributed by atoms with Crippen LogP contribution in [0.2, 0.25) is 0 Å². The number of rotatable bonds is 7. The Morgan fingerprint density at radius 2 is 1.16 bits per heavy atom. The minimum Gasteiger partial charge on any atom is -0.427 e. The summed E-state index contributed by atoms with van der Waals surface area (Å²) in [4.78, 5) is 14.6. The molecule has 5 aromatic rings. The van der Waals surface area contributed by atoms with Crippen LogP contribution in [0.1, 0.15) is 27.7 Å². The van der Waals surface area contributed by atoms with Gasteiger partial charge in [0.05, 0.1) is 11.2 Å². The van der Waals surface area contributed by atoms with Gasteiger partial charge in [0.2, 0.25) is 0 Å². The molecule has 1 heterocycles. The van der Waals surface area contributed by atoms with Crippen molar-refractivity contribution in [3.8, 4) is 34.2 Å². The number of aliphatic hydroxyl groups is 1. The fraction of sp³-hybridized carbons (Fsp3) is 0.194. The van der Waals surface area contributed by atoms with E-state index in [0.29, 0.717) is 25.0 Å². The van der Waals surface area contributed by atoms with Gasteiger partial charge in [0.15, 0.2) is 17.5 Å². The van der Waals surface area contributed by atoms with Gasteiger partial charge in [-0.25, -0.2) is 15.0 Å². The Kier molecular flexibility index (Phi) is 6.63. The molecule has 0 aliphatic carbocycles. The summed E-state index contributed by atoms with van der Waals surface area (Å²) >= 11 is 0. The smallest absolute Gasteiger partial charge is 0.309 e. The van der Waals surface area contributed by atoms with Gasteiger partial charge in [-0.2, -0.15) is 0 Å². The molecule has 0 aliphatic rings. The molecular weight excluding hydrogens is 457 g/mol. The van der Waals surface area contributed by atoms with Crippen LogP contribution >= 0.6 is 0 Å². The molecule has 0 saturated carbocycles. The van der Waals surface area contributed by atoms with Crippen LogP contribution in [0.25, 0.3) is 44.9 Å². The van der Waals surface area contributed by atoms with E-state index < -0.39 is 11.2 Å². The van der Waals surface area contributed by atoms with Crippen molar-refractivity contribution in [3.05, 3.63) is 97.1 Å². The predicted octanol–water partition coefficient (Wildman–Crippen LogP) is 5.57. The van der Waals surface area contributed by atoms with Gasteiger partial charge in [0.1, 0.15) is 0 Å². The van der Waals surface area contributed by atoms with Crippen LogP contribution < -0.4 is 5.46 Å². The van der Waals surface area contributed by atoms with Crippen molar-refractivity contribution in [1.29, 1.82) is 0 Å². The number of hydrogen-bond donors (Lipinski definition) is 1. The zero-order valence-corrected chi connectivity index (χ0v) is 21.6. The third kappa shape index (κ3) is 5.46. The average Bonchev–Trinajstić information content (AvgIpc) is 2.91. The van der Waals surface area contributed by atoms with Gasteiger partial charge in [0, 0.05) is 16.7 Å². The van der Waals surface area contributed by atoms with Gasteiger partial charge in [-0.3, -0.25) is 0 Å². The summed E-state index contributed by atoms with van der Waals surface area (Å²) in [6.45, 7) is 7.30. The Balaban J connectivity index is 1.56. The Morgan fingerprint density at radius 1 is 0.595 bits per heavy atom. The quantitative estimate of drug-likeness (QED) is 0.304. The Bertz CT molecular complexity index is 1550. The number of aromatic nitrogens is 3. The van der Waals surface area contributed by atoms with E-state index in [0.717, 1.165) is 27.5 Å². The Morgan fingerprint density at radius 3 is 1.84 bits per heavy atom. The first-order chi connectivity index (χ1) is 17.7. The number of benzene rings is 4. The van der Waals surface area contributed by atoms with Crippen LogP contribution in [-0.4, -0.2) is 38.7 Å². The van der Waals surface area contributed by atoms with Crippen LogP contribution in [0.4, 0.5) is 0 Å². The summed E-state index contributed by atoms with van der Waals surface area (Å²) in [5.74, 6) is 1.85. The van der Waals surface area contributed by atoms with Gasteiger partial charge in [-0.1, -0.05) is 96.5 Å². The van der Waals surface area contributed by atoms with Crippen LogP contribution in [0.3, 0.4) is 0 Å². The molecule has 0 spiro atoms. The second-order valence-corrected chi connectivity index (χ2v) is 10.3. The predicted molar refractivity (Wildman–Crippen MR) is 152 cm³/mol. The van der Waals surface area contributed by atoms with E-state index >= 15 is 0 Å². The monoisotopic (exact) mass is 487 g/mol. The van der Waals surface area contributed by atoms with Crippen molar-refractivity contribution >= 4 is 23.7 Å². The number of fused-ring (bicyclic) bond motifs is 1. The van der Waals surface area contributed by atoms with E-state index in [1.807, 2.05) is 80.6 Å². The van der Waals surface area contributed by atoms with E-state index in [-0.39, 0.29) is 0 Å². The molecule has 5 nitrogen and oxygen atoms in total. The summed E-state index contributed by atoms with van der Waals surface area (Å²) < 4.78 is 6.09.